The molecule has 1 aromatic carbocycles. The van der Waals surface area contributed by atoms with Gasteiger partial charge in [0.05, 0.1) is 12.2 Å². The van der Waals surface area contributed by atoms with Gasteiger partial charge in [-0.3, -0.25) is 4.79 Å². The van der Waals surface area contributed by atoms with Crippen LogP contribution >= 0.6 is 11.6 Å². The number of alkyl halides is 1. The Bertz CT molecular complexity index is 577. The van der Waals surface area contributed by atoms with Crippen LogP contribution in [0.25, 0.3) is 6.08 Å². The Morgan fingerprint density at radius 1 is 1.29 bits per heavy atom. The number of benzene rings is 1. The van der Waals surface area contributed by atoms with E-state index in [1.54, 1.807) is 13.0 Å². The molecule has 0 saturated carbocycles. The summed E-state index contributed by atoms with van der Waals surface area (Å²) in [7, 11) is 0. The zero-order valence-corrected chi connectivity index (χ0v) is 12.2. The fraction of sp³-hybridized carbons (Fsp3) is 0.267. The third kappa shape index (κ3) is 5.04. The molecule has 0 spiro atoms. The lowest BCUT2D eigenvalue weighted by molar-refractivity contribution is -0.131. The maximum atomic E-state index is 12.0. The minimum absolute atomic E-state index is 0.0834. The first kappa shape index (κ1) is 16.9. The minimum Gasteiger partial charge on any atom is -0.478 e. The number of carbonyl (C=O) groups excluding carboxylic acids is 2. The smallest absolute Gasteiger partial charge is 0.338 e. The van der Waals surface area contributed by atoms with Crippen LogP contribution in [0.1, 0.15) is 39.6 Å². The number of carboxylic acid groups (broad SMARTS) is 1. The van der Waals surface area contributed by atoms with Crippen molar-refractivity contribution in [3.63, 3.8) is 0 Å². The van der Waals surface area contributed by atoms with Gasteiger partial charge in [-0.15, -0.1) is 11.6 Å². The molecule has 0 heterocycles. The van der Waals surface area contributed by atoms with E-state index < -0.39 is 11.9 Å². The quantitative estimate of drug-likeness (QED) is 0.362. The van der Waals surface area contributed by atoms with E-state index in [1.165, 1.54) is 18.2 Å². The average Bonchev–Trinajstić information content (AvgIpc) is 2.45. The summed E-state index contributed by atoms with van der Waals surface area (Å²) in [5, 5.41) is 8.60. The van der Waals surface area contributed by atoms with Gasteiger partial charge in [0.2, 0.25) is 0 Å². The molecule has 112 valence electrons. The van der Waals surface area contributed by atoms with Crippen LogP contribution in [-0.2, 0) is 9.53 Å². The van der Waals surface area contributed by atoms with Crippen LogP contribution in [0.5, 0.6) is 0 Å². The number of Topliss-reactive ketones (excluding diaryl/α,β-unsaturated/α-hetero) is 1. The van der Waals surface area contributed by atoms with Crippen LogP contribution in [-0.4, -0.2) is 35.3 Å². The number of rotatable bonds is 7. The van der Waals surface area contributed by atoms with Crippen molar-refractivity contribution in [2.75, 3.05) is 12.5 Å². The first-order valence-electron chi connectivity index (χ1n) is 6.31. The molecule has 0 aliphatic carbocycles. The number of hydrogen-bond acceptors (Lipinski definition) is 4. The standard InChI is InChI=1S/C15H15ClO5/c1-2-21-15(20)11-5-3-10(4-6-14(18)19)9-12(11)13(17)7-8-16/h3-6,9H,2,7-8H2,1H3,(H,18,19)/b6-4+. The molecule has 5 nitrogen and oxygen atoms in total. The van der Waals surface area contributed by atoms with Crippen molar-refractivity contribution < 1.29 is 24.2 Å². The van der Waals surface area contributed by atoms with E-state index in [9.17, 15) is 14.4 Å². The molecule has 0 unspecified atom stereocenters. The second-order valence-electron chi connectivity index (χ2n) is 4.06. The molecule has 0 aliphatic rings. The third-order valence-electron chi connectivity index (χ3n) is 2.58. The molecule has 1 rings (SSSR count). The predicted octanol–water partition coefficient (Wildman–Crippen LogP) is 2.77. The molecule has 0 saturated heterocycles. The second-order valence-corrected chi connectivity index (χ2v) is 4.44. The zero-order chi connectivity index (χ0) is 15.8. The highest BCUT2D eigenvalue weighted by molar-refractivity contribution is 6.20. The van der Waals surface area contributed by atoms with E-state index in [2.05, 4.69) is 0 Å². The number of ether oxygens (including phenoxy) is 1. The van der Waals surface area contributed by atoms with Crippen LogP contribution < -0.4 is 0 Å². The summed E-state index contributed by atoms with van der Waals surface area (Å²) < 4.78 is 4.90. The van der Waals surface area contributed by atoms with Gasteiger partial charge < -0.3 is 9.84 Å². The molecule has 0 aromatic heterocycles. The normalized spacial score (nSPS) is 10.6. The minimum atomic E-state index is -1.10. The number of halogens is 1. The molecular formula is C15H15ClO5. The monoisotopic (exact) mass is 310 g/mol. The van der Waals surface area contributed by atoms with Crippen LogP contribution in [0.3, 0.4) is 0 Å². The van der Waals surface area contributed by atoms with Crippen LogP contribution in [0.4, 0.5) is 0 Å². The molecule has 0 fully saturated rings. The number of carboxylic acids is 1. The molecular weight excluding hydrogens is 296 g/mol. The van der Waals surface area contributed by atoms with Crippen molar-refractivity contribution >= 4 is 35.4 Å². The van der Waals surface area contributed by atoms with E-state index in [-0.39, 0.29) is 35.8 Å². The van der Waals surface area contributed by atoms with Crippen molar-refractivity contribution in [3.05, 3.63) is 41.0 Å². The van der Waals surface area contributed by atoms with E-state index in [0.29, 0.717) is 5.56 Å². The van der Waals surface area contributed by atoms with Crippen LogP contribution in [0.15, 0.2) is 24.3 Å². The van der Waals surface area contributed by atoms with E-state index in [4.69, 9.17) is 21.4 Å². The lowest BCUT2D eigenvalue weighted by Gasteiger charge is -2.08. The number of esters is 1. The van der Waals surface area contributed by atoms with Crippen LogP contribution in [0.2, 0.25) is 0 Å². The van der Waals surface area contributed by atoms with E-state index >= 15 is 0 Å². The van der Waals surface area contributed by atoms with Gasteiger partial charge in [-0.1, -0.05) is 6.07 Å². The second kappa shape index (κ2) is 8.21. The Morgan fingerprint density at radius 2 is 2.00 bits per heavy atom. The van der Waals surface area contributed by atoms with Crippen molar-refractivity contribution in [2.24, 2.45) is 0 Å². The zero-order valence-electron chi connectivity index (χ0n) is 11.5. The SMILES string of the molecule is CCOC(=O)c1ccc(/C=C/C(=O)O)cc1C(=O)CCCl. The summed E-state index contributed by atoms with van der Waals surface area (Å²) in [5.74, 6) is -1.85. The van der Waals surface area contributed by atoms with Crippen molar-refractivity contribution in [2.45, 2.75) is 13.3 Å². The van der Waals surface area contributed by atoms with Gasteiger partial charge in [0, 0.05) is 23.9 Å². The van der Waals surface area contributed by atoms with Crippen molar-refractivity contribution in [1.82, 2.24) is 0 Å². The maximum absolute atomic E-state index is 12.0. The fourth-order valence-electron chi connectivity index (χ4n) is 1.67. The highest BCUT2D eigenvalue weighted by atomic mass is 35.5. The number of hydrogen-bond donors (Lipinski definition) is 1. The molecule has 0 amide bonds. The lowest BCUT2D eigenvalue weighted by atomic mass is 9.99. The van der Waals surface area contributed by atoms with Crippen molar-refractivity contribution in [1.29, 1.82) is 0 Å². The summed E-state index contributed by atoms with van der Waals surface area (Å²) >= 11 is 5.55. The number of ketones is 1. The topological polar surface area (TPSA) is 80.7 Å². The average molecular weight is 311 g/mol. The Hall–Kier alpha value is -2.14. The van der Waals surface area contributed by atoms with E-state index in [1.807, 2.05) is 0 Å². The summed E-state index contributed by atoms with van der Waals surface area (Å²) in [6.45, 7) is 1.87. The van der Waals surface area contributed by atoms with E-state index in [0.717, 1.165) is 6.08 Å². The van der Waals surface area contributed by atoms with Gasteiger partial charge in [0.1, 0.15) is 0 Å². The molecule has 1 aromatic rings. The number of aliphatic carboxylic acids is 1. The van der Waals surface area contributed by atoms with Gasteiger partial charge >= 0.3 is 11.9 Å². The molecule has 0 aliphatic heterocycles. The summed E-state index contributed by atoms with van der Waals surface area (Å²) in [6.07, 6.45) is 2.38. The van der Waals surface area contributed by atoms with Gasteiger partial charge in [0.15, 0.2) is 5.78 Å². The Labute approximate surface area is 127 Å². The molecule has 1 N–H and O–H groups in total. The van der Waals surface area contributed by atoms with Gasteiger partial charge in [-0.25, -0.2) is 9.59 Å². The van der Waals surface area contributed by atoms with Gasteiger partial charge in [-0.05, 0) is 30.7 Å². The molecule has 0 bridgehead atoms. The Balaban J connectivity index is 3.22. The molecule has 21 heavy (non-hydrogen) atoms. The van der Waals surface area contributed by atoms with Crippen molar-refractivity contribution in [3.8, 4) is 0 Å². The van der Waals surface area contributed by atoms with Gasteiger partial charge in [-0.2, -0.15) is 0 Å². The third-order valence-corrected chi connectivity index (χ3v) is 2.77. The van der Waals surface area contributed by atoms with Crippen LogP contribution in [0, 0.1) is 0 Å². The largest absolute Gasteiger partial charge is 0.478 e. The predicted molar refractivity (Wildman–Crippen MR) is 78.7 cm³/mol. The summed E-state index contributed by atoms with van der Waals surface area (Å²) in [4.78, 5) is 34.4. The highest BCUT2D eigenvalue weighted by Gasteiger charge is 2.18. The van der Waals surface area contributed by atoms with Gasteiger partial charge in [0.25, 0.3) is 0 Å². The first-order chi connectivity index (χ1) is 9.99. The molecule has 0 radical (unpaired) electrons. The number of carbonyl (C=O) groups is 3. The molecule has 6 heteroatoms. The highest BCUT2D eigenvalue weighted by Crippen LogP contribution is 2.17. The summed E-state index contributed by atoms with van der Waals surface area (Å²) in [6, 6.07) is 4.45. The Kier molecular flexibility index (Phi) is 6.62. The maximum Gasteiger partial charge on any atom is 0.338 e. The lowest BCUT2D eigenvalue weighted by Crippen LogP contribution is -2.12. The Morgan fingerprint density at radius 3 is 2.57 bits per heavy atom. The summed E-state index contributed by atoms with van der Waals surface area (Å²) in [5.41, 5.74) is 0.837. The fourth-order valence-corrected chi connectivity index (χ4v) is 1.84. The molecule has 0 atom stereocenters. The first-order valence-corrected chi connectivity index (χ1v) is 6.84.